The Bertz CT molecular complexity index is 661. The van der Waals surface area contributed by atoms with Crippen LogP contribution < -0.4 is 5.32 Å². The van der Waals surface area contributed by atoms with Gasteiger partial charge >= 0.3 is 5.97 Å². The molecule has 7 heteroatoms. The first-order valence-corrected chi connectivity index (χ1v) is 6.03. The van der Waals surface area contributed by atoms with E-state index in [2.05, 4.69) is 15.3 Å². The molecule has 1 amide bonds. The SMILES string of the molecule is O=C(O)c1nccnc1C(=O)NCc1ccccc1Cl. The van der Waals surface area contributed by atoms with Gasteiger partial charge in [-0.15, -0.1) is 0 Å². The Morgan fingerprint density at radius 1 is 1.15 bits per heavy atom. The van der Waals surface area contributed by atoms with E-state index < -0.39 is 11.9 Å². The second-order valence-corrected chi connectivity index (χ2v) is 4.24. The third kappa shape index (κ3) is 3.10. The normalized spacial score (nSPS) is 10.1. The fraction of sp³-hybridized carbons (Fsp3) is 0.0769. The van der Waals surface area contributed by atoms with Crippen molar-refractivity contribution >= 4 is 23.5 Å². The summed E-state index contributed by atoms with van der Waals surface area (Å²) in [5.41, 5.74) is 0.111. The Morgan fingerprint density at radius 3 is 2.45 bits per heavy atom. The molecule has 0 radical (unpaired) electrons. The van der Waals surface area contributed by atoms with Crippen LogP contribution in [-0.4, -0.2) is 27.0 Å². The van der Waals surface area contributed by atoms with Crippen LogP contribution in [0.3, 0.4) is 0 Å². The number of benzene rings is 1. The van der Waals surface area contributed by atoms with Crippen LogP contribution in [0.5, 0.6) is 0 Å². The van der Waals surface area contributed by atoms with Gasteiger partial charge in [0.05, 0.1) is 0 Å². The molecule has 0 aliphatic rings. The van der Waals surface area contributed by atoms with Crippen LogP contribution in [0.2, 0.25) is 5.02 Å². The lowest BCUT2D eigenvalue weighted by molar-refractivity contribution is 0.0683. The second kappa shape index (κ2) is 6.12. The average Bonchev–Trinajstić information content (AvgIpc) is 2.46. The van der Waals surface area contributed by atoms with Gasteiger partial charge in [0.25, 0.3) is 5.91 Å². The molecule has 0 aliphatic heterocycles. The molecule has 0 bridgehead atoms. The number of carbonyl (C=O) groups excluding carboxylic acids is 1. The lowest BCUT2D eigenvalue weighted by Crippen LogP contribution is -2.26. The molecule has 0 fully saturated rings. The Kier molecular flexibility index (Phi) is 4.27. The van der Waals surface area contributed by atoms with E-state index in [1.165, 1.54) is 12.4 Å². The highest BCUT2D eigenvalue weighted by Crippen LogP contribution is 2.14. The van der Waals surface area contributed by atoms with Crippen LogP contribution in [-0.2, 0) is 6.54 Å². The maximum Gasteiger partial charge on any atom is 0.356 e. The lowest BCUT2D eigenvalue weighted by Gasteiger charge is -2.07. The number of nitrogens with one attached hydrogen (secondary N) is 1. The average molecular weight is 292 g/mol. The minimum Gasteiger partial charge on any atom is -0.476 e. The van der Waals surface area contributed by atoms with Crippen molar-refractivity contribution in [1.82, 2.24) is 15.3 Å². The Balaban J connectivity index is 2.14. The first kappa shape index (κ1) is 14.0. The summed E-state index contributed by atoms with van der Waals surface area (Å²) in [6.45, 7) is 0.175. The van der Waals surface area contributed by atoms with E-state index >= 15 is 0 Å². The van der Waals surface area contributed by atoms with Gasteiger partial charge in [0.2, 0.25) is 0 Å². The number of nitrogens with zero attached hydrogens (tertiary/aromatic N) is 2. The van der Waals surface area contributed by atoms with Gasteiger partial charge in [0.15, 0.2) is 11.4 Å². The van der Waals surface area contributed by atoms with E-state index in [0.717, 1.165) is 5.56 Å². The number of carbonyl (C=O) groups is 2. The quantitative estimate of drug-likeness (QED) is 0.895. The molecule has 1 heterocycles. The first-order chi connectivity index (χ1) is 9.59. The maximum absolute atomic E-state index is 11.9. The number of hydrogen-bond donors (Lipinski definition) is 2. The molecule has 0 unspecified atom stereocenters. The molecule has 6 nitrogen and oxygen atoms in total. The third-order valence-corrected chi connectivity index (χ3v) is 2.88. The van der Waals surface area contributed by atoms with Crippen LogP contribution in [0.4, 0.5) is 0 Å². The summed E-state index contributed by atoms with van der Waals surface area (Å²) in [7, 11) is 0. The van der Waals surface area contributed by atoms with Crippen molar-refractivity contribution in [3.63, 3.8) is 0 Å². The Labute approximate surface area is 119 Å². The van der Waals surface area contributed by atoms with E-state index in [4.69, 9.17) is 16.7 Å². The molecule has 1 aromatic carbocycles. The highest BCUT2D eigenvalue weighted by atomic mass is 35.5. The van der Waals surface area contributed by atoms with E-state index in [1.807, 2.05) is 0 Å². The summed E-state index contributed by atoms with van der Waals surface area (Å²) in [5, 5.41) is 12.0. The number of hydrogen-bond acceptors (Lipinski definition) is 4. The van der Waals surface area contributed by atoms with Crippen molar-refractivity contribution in [2.24, 2.45) is 0 Å². The van der Waals surface area contributed by atoms with Crippen molar-refractivity contribution in [2.75, 3.05) is 0 Å². The number of amides is 1. The van der Waals surface area contributed by atoms with Gasteiger partial charge in [-0.2, -0.15) is 0 Å². The van der Waals surface area contributed by atoms with Gasteiger partial charge in [-0.1, -0.05) is 29.8 Å². The van der Waals surface area contributed by atoms with Crippen LogP contribution >= 0.6 is 11.6 Å². The van der Waals surface area contributed by atoms with Gasteiger partial charge in [-0.25, -0.2) is 14.8 Å². The van der Waals surface area contributed by atoms with Gasteiger partial charge in [-0.05, 0) is 11.6 Å². The fourth-order valence-corrected chi connectivity index (χ4v) is 1.76. The van der Waals surface area contributed by atoms with Crippen LogP contribution in [0.25, 0.3) is 0 Å². The summed E-state index contributed by atoms with van der Waals surface area (Å²) in [6.07, 6.45) is 2.48. The summed E-state index contributed by atoms with van der Waals surface area (Å²) < 4.78 is 0. The van der Waals surface area contributed by atoms with E-state index in [1.54, 1.807) is 24.3 Å². The van der Waals surface area contributed by atoms with Gasteiger partial charge in [0, 0.05) is 24.0 Å². The Morgan fingerprint density at radius 2 is 1.80 bits per heavy atom. The predicted molar refractivity (Wildman–Crippen MR) is 71.6 cm³/mol. The smallest absolute Gasteiger partial charge is 0.356 e. The largest absolute Gasteiger partial charge is 0.476 e. The molecule has 0 saturated heterocycles. The van der Waals surface area contributed by atoms with Crippen LogP contribution in [0, 0.1) is 0 Å². The zero-order chi connectivity index (χ0) is 14.5. The van der Waals surface area contributed by atoms with Gasteiger partial charge < -0.3 is 10.4 Å². The number of halogens is 1. The molecule has 0 saturated carbocycles. The van der Waals surface area contributed by atoms with Gasteiger partial charge in [-0.3, -0.25) is 4.79 Å². The molecular formula is C13H10ClN3O3. The van der Waals surface area contributed by atoms with Crippen molar-refractivity contribution in [1.29, 1.82) is 0 Å². The molecule has 0 atom stereocenters. The highest BCUT2D eigenvalue weighted by Gasteiger charge is 2.19. The molecule has 2 aromatic rings. The Hall–Kier alpha value is -2.47. The summed E-state index contributed by atoms with van der Waals surface area (Å²) in [5.74, 6) is -1.92. The summed E-state index contributed by atoms with van der Waals surface area (Å²) in [4.78, 5) is 30.3. The molecule has 2 rings (SSSR count). The molecule has 20 heavy (non-hydrogen) atoms. The number of carboxylic acid groups (broad SMARTS) is 1. The number of aromatic carboxylic acids is 1. The monoisotopic (exact) mass is 291 g/mol. The number of aromatic nitrogens is 2. The topological polar surface area (TPSA) is 92.2 Å². The molecule has 102 valence electrons. The molecule has 0 aliphatic carbocycles. The number of carboxylic acids is 1. The van der Waals surface area contributed by atoms with Crippen molar-refractivity contribution in [3.05, 3.63) is 58.6 Å². The van der Waals surface area contributed by atoms with E-state index in [9.17, 15) is 9.59 Å². The zero-order valence-corrected chi connectivity index (χ0v) is 11.0. The molecular weight excluding hydrogens is 282 g/mol. The minimum atomic E-state index is -1.30. The highest BCUT2D eigenvalue weighted by molar-refractivity contribution is 6.31. The van der Waals surface area contributed by atoms with E-state index in [-0.39, 0.29) is 17.9 Å². The molecule has 0 spiro atoms. The van der Waals surface area contributed by atoms with E-state index in [0.29, 0.717) is 5.02 Å². The number of rotatable bonds is 4. The van der Waals surface area contributed by atoms with Crippen molar-refractivity contribution in [2.45, 2.75) is 6.54 Å². The molecule has 1 aromatic heterocycles. The minimum absolute atomic E-state index is 0.175. The first-order valence-electron chi connectivity index (χ1n) is 5.65. The standard InChI is InChI=1S/C13H10ClN3O3/c14-9-4-2-1-3-8(9)7-17-12(18)10-11(13(19)20)16-6-5-15-10/h1-6H,7H2,(H,17,18)(H,19,20). The van der Waals surface area contributed by atoms with Crippen LogP contribution in [0.15, 0.2) is 36.7 Å². The van der Waals surface area contributed by atoms with Gasteiger partial charge in [0.1, 0.15) is 0 Å². The molecule has 2 N–H and O–H groups in total. The predicted octanol–water partition coefficient (Wildman–Crippen LogP) is 1.76. The summed E-state index contributed by atoms with van der Waals surface area (Å²) in [6, 6.07) is 7.03. The third-order valence-electron chi connectivity index (χ3n) is 2.51. The fourth-order valence-electron chi connectivity index (χ4n) is 1.56. The lowest BCUT2D eigenvalue weighted by atomic mass is 10.2. The summed E-state index contributed by atoms with van der Waals surface area (Å²) >= 11 is 5.96. The maximum atomic E-state index is 11.9. The second-order valence-electron chi connectivity index (χ2n) is 3.83. The van der Waals surface area contributed by atoms with Crippen molar-refractivity contribution < 1.29 is 14.7 Å². The van der Waals surface area contributed by atoms with Crippen LogP contribution in [0.1, 0.15) is 26.5 Å². The van der Waals surface area contributed by atoms with Crippen molar-refractivity contribution in [3.8, 4) is 0 Å². The zero-order valence-electron chi connectivity index (χ0n) is 10.2.